The average Bonchev–Trinajstić information content (AvgIpc) is 3.13. The van der Waals surface area contributed by atoms with Gasteiger partial charge in [0.25, 0.3) is 5.91 Å². The van der Waals surface area contributed by atoms with Crippen molar-refractivity contribution in [1.82, 2.24) is 4.98 Å². The molecule has 0 unspecified atom stereocenters. The molecular formula is C21H22N2O4S. The lowest BCUT2D eigenvalue weighted by Gasteiger charge is -2.20. The Morgan fingerprint density at radius 2 is 1.82 bits per heavy atom. The number of aryl methyl sites for hydroxylation is 2. The number of hydrogen-bond acceptors (Lipinski definition) is 6. The van der Waals surface area contributed by atoms with Gasteiger partial charge >= 0.3 is 5.97 Å². The molecule has 0 aliphatic heterocycles. The largest absolute Gasteiger partial charge is 0.454 e. The molecular weight excluding hydrogens is 376 g/mol. The van der Waals surface area contributed by atoms with Crippen LogP contribution in [0, 0.1) is 13.8 Å². The van der Waals surface area contributed by atoms with E-state index >= 15 is 0 Å². The molecule has 0 saturated heterocycles. The fraction of sp³-hybridized carbons (Fsp3) is 0.286. The molecule has 0 aliphatic carbocycles. The van der Waals surface area contributed by atoms with Crippen molar-refractivity contribution in [3.05, 3.63) is 59.2 Å². The van der Waals surface area contributed by atoms with Crippen molar-refractivity contribution in [2.45, 2.75) is 20.4 Å². The minimum Gasteiger partial charge on any atom is -0.454 e. The maximum absolute atomic E-state index is 12.9. The Hall–Kier alpha value is -2.77. The van der Waals surface area contributed by atoms with Crippen molar-refractivity contribution in [2.75, 3.05) is 25.2 Å². The fourth-order valence-corrected chi connectivity index (χ4v) is 3.78. The molecule has 0 N–H and O–H groups in total. The van der Waals surface area contributed by atoms with Gasteiger partial charge in [0, 0.05) is 7.11 Å². The normalized spacial score (nSPS) is 10.8. The molecule has 0 spiro atoms. The van der Waals surface area contributed by atoms with Gasteiger partial charge in [0.15, 0.2) is 11.7 Å². The smallest absolute Gasteiger partial charge is 0.332 e. The summed E-state index contributed by atoms with van der Waals surface area (Å²) in [6, 6.07) is 13.7. The minimum absolute atomic E-state index is 0.189. The van der Waals surface area contributed by atoms with Crippen molar-refractivity contribution in [1.29, 1.82) is 0 Å². The molecule has 2 aromatic carbocycles. The Morgan fingerprint density at radius 1 is 1.07 bits per heavy atom. The average molecular weight is 398 g/mol. The van der Waals surface area contributed by atoms with Crippen molar-refractivity contribution < 1.29 is 19.1 Å². The highest BCUT2D eigenvalue weighted by molar-refractivity contribution is 7.22. The first-order valence-electron chi connectivity index (χ1n) is 8.85. The van der Waals surface area contributed by atoms with Crippen LogP contribution in [0.15, 0.2) is 42.5 Å². The van der Waals surface area contributed by atoms with Crippen LogP contribution in [-0.2, 0) is 25.6 Å². The van der Waals surface area contributed by atoms with E-state index in [1.165, 1.54) is 18.4 Å². The van der Waals surface area contributed by atoms with Crippen LogP contribution < -0.4 is 4.90 Å². The number of anilines is 1. The number of esters is 1. The zero-order chi connectivity index (χ0) is 20.1. The Bertz CT molecular complexity index is 985. The molecule has 1 heterocycles. The SMILES string of the molecule is COCC(=O)OCC(=O)N(Cc1ccccc1)c1nc2c(C)c(C)ccc2s1. The molecule has 3 aromatic rings. The molecule has 0 radical (unpaired) electrons. The van der Waals surface area contributed by atoms with E-state index < -0.39 is 5.97 Å². The molecule has 7 heteroatoms. The highest BCUT2D eigenvalue weighted by atomic mass is 32.1. The van der Waals surface area contributed by atoms with Crippen LogP contribution in [0.3, 0.4) is 0 Å². The molecule has 0 bridgehead atoms. The van der Waals surface area contributed by atoms with Gasteiger partial charge in [-0.1, -0.05) is 47.7 Å². The number of hydrogen-bond donors (Lipinski definition) is 0. The van der Waals surface area contributed by atoms with Crippen LogP contribution in [0.4, 0.5) is 5.13 Å². The predicted octanol–water partition coefficient (Wildman–Crippen LogP) is 3.64. The monoisotopic (exact) mass is 398 g/mol. The second-order valence-electron chi connectivity index (χ2n) is 6.41. The van der Waals surface area contributed by atoms with Gasteiger partial charge in [-0.3, -0.25) is 9.69 Å². The quantitative estimate of drug-likeness (QED) is 0.569. The molecule has 0 saturated carbocycles. The van der Waals surface area contributed by atoms with Gasteiger partial charge in [-0.25, -0.2) is 9.78 Å². The Labute approximate surface area is 167 Å². The highest BCUT2D eigenvalue weighted by Gasteiger charge is 2.22. The van der Waals surface area contributed by atoms with Crippen LogP contribution in [-0.4, -0.2) is 37.2 Å². The molecule has 1 aromatic heterocycles. The highest BCUT2D eigenvalue weighted by Crippen LogP contribution is 2.32. The van der Waals surface area contributed by atoms with Crippen LogP contribution in [0.1, 0.15) is 16.7 Å². The number of rotatable bonds is 7. The summed E-state index contributed by atoms with van der Waals surface area (Å²) in [5.41, 5.74) is 4.10. The van der Waals surface area contributed by atoms with Crippen molar-refractivity contribution in [2.24, 2.45) is 0 Å². The third kappa shape index (κ3) is 4.55. The van der Waals surface area contributed by atoms with Gasteiger partial charge in [-0.15, -0.1) is 0 Å². The number of nitrogens with zero attached hydrogens (tertiary/aromatic N) is 2. The number of amides is 1. The van der Waals surface area contributed by atoms with E-state index in [1.54, 1.807) is 4.90 Å². The second kappa shape index (κ2) is 8.95. The zero-order valence-electron chi connectivity index (χ0n) is 16.1. The molecule has 0 atom stereocenters. The molecule has 1 amide bonds. The first-order valence-corrected chi connectivity index (χ1v) is 9.67. The van der Waals surface area contributed by atoms with Crippen LogP contribution in [0.2, 0.25) is 0 Å². The van der Waals surface area contributed by atoms with Crippen LogP contribution >= 0.6 is 11.3 Å². The van der Waals surface area contributed by atoms with Crippen molar-refractivity contribution in [3.8, 4) is 0 Å². The predicted molar refractivity (Wildman–Crippen MR) is 110 cm³/mol. The Kier molecular flexibility index (Phi) is 6.38. The summed E-state index contributed by atoms with van der Waals surface area (Å²) in [7, 11) is 1.40. The van der Waals surface area contributed by atoms with Crippen molar-refractivity contribution >= 4 is 38.6 Å². The minimum atomic E-state index is -0.578. The number of aromatic nitrogens is 1. The second-order valence-corrected chi connectivity index (χ2v) is 7.42. The summed E-state index contributed by atoms with van der Waals surface area (Å²) in [6.07, 6.45) is 0. The summed E-state index contributed by atoms with van der Waals surface area (Å²) < 4.78 is 10.8. The van der Waals surface area contributed by atoms with E-state index in [0.29, 0.717) is 11.7 Å². The van der Waals surface area contributed by atoms with Crippen LogP contribution in [0.5, 0.6) is 0 Å². The van der Waals surface area contributed by atoms with E-state index in [9.17, 15) is 9.59 Å². The lowest BCUT2D eigenvalue weighted by atomic mass is 10.1. The summed E-state index contributed by atoms with van der Waals surface area (Å²) in [4.78, 5) is 30.7. The number of carbonyl (C=O) groups excluding carboxylic acids is 2. The lowest BCUT2D eigenvalue weighted by Crippen LogP contribution is -2.34. The Morgan fingerprint density at radius 3 is 2.54 bits per heavy atom. The molecule has 3 rings (SSSR count). The van der Waals surface area contributed by atoms with Crippen molar-refractivity contribution in [3.63, 3.8) is 0 Å². The summed E-state index contributed by atoms with van der Waals surface area (Å²) in [5.74, 6) is -0.909. The zero-order valence-corrected chi connectivity index (χ0v) is 16.9. The van der Waals surface area contributed by atoms with Gasteiger partial charge in [0.2, 0.25) is 0 Å². The van der Waals surface area contributed by atoms with Gasteiger partial charge < -0.3 is 9.47 Å². The van der Waals surface area contributed by atoms with E-state index in [-0.39, 0.29) is 19.1 Å². The number of thiazole rings is 1. The van der Waals surface area contributed by atoms with E-state index in [2.05, 4.69) is 6.07 Å². The van der Waals surface area contributed by atoms with Gasteiger partial charge in [-0.05, 0) is 36.6 Å². The molecule has 0 fully saturated rings. The van der Waals surface area contributed by atoms with Gasteiger partial charge in [0.1, 0.15) is 6.61 Å². The summed E-state index contributed by atoms with van der Waals surface area (Å²) in [6.45, 7) is 3.86. The standard InChI is InChI=1S/C21H22N2O4S/c1-14-9-10-17-20(15(14)2)22-21(28-17)23(11-16-7-5-4-6-8-16)18(24)12-27-19(25)13-26-3/h4-10H,11-13H2,1-3H3. The third-order valence-electron chi connectivity index (χ3n) is 4.41. The van der Waals surface area contributed by atoms with E-state index in [4.69, 9.17) is 14.5 Å². The summed E-state index contributed by atoms with van der Waals surface area (Å²) >= 11 is 1.45. The first kappa shape index (κ1) is 20.0. The lowest BCUT2D eigenvalue weighted by molar-refractivity contribution is -0.151. The first-order chi connectivity index (χ1) is 13.5. The molecule has 6 nitrogen and oxygen atoms in total. The summed E-state index contributed by atoms with van der Waals surface area (Å²) in [5, 5.41) is 0.584. The maximum atomic E-state index is 12.9. The number of carbonyl (C=O) groups is 2. The van der Waals surface area contributed by atoms with Gasteiger partial charge in [0.05, 0.1) is 16.8 Å². The fourth-order valence-electron chi connectivity index (χ4n) is 2.74. The molecule has 28 heavy (non-hydrogen) atoms. The maximum Gasteiger partial charge on any atom is 0.332 e. The molecule has 146 valence electrons. The topological polar surface area (TPSA) is 68.7 Å². The number of benzene rings is 2. The third-order valence-corrected chi connectivity index (χ3v) is 5.45. The molecule has 0 aliphatic rings. The van der Waals surface area contributed by atoms with Gasteiger partial charge in [-0.2, -0.15) is 0 Å². The number of ether oxygens (including phenoxy) is 2. The number of fused-ring (bicyclic) bond motifs is 1. The van der Waals surface area contributed by atoms with E-state index in [0.717, 1.165) is 26.9 Å². The van der Waals surface area contributed by atoms with E-state index in [1.807, 2.05) is 50.2 Å². The number of methoxy groups -OCH3 is 1. The Balaban J connectivity index is 1.90. The van der Waals surface area contributed by atoms with Crippen LogP contribution in [0.25, 0.3) is 10.2 Å².